The van der Waals surface area contributed by atoms with Crippen LogP contribution in [0.2, 0.25) is 0 Å². The molecule has 2 aliphatic rings. The van der Waals surface area contributed by atoms with Gasteiger partial charge in [-0.1, -0.05) is 64.1 Å². The number of rotatable bonds is 4. The summed E-state index contributed by atoms with van der Waals surface area (Å²) in [5.74, 6) is 0.545. The summed E-state index contributed by atoms with van der Waals surface area (Å²) in [5, 5.41) is 0. The van der Waals surface area contributed by atoms with Crippen molar-refractivity contribution in [2.24, 2.45) is 11.3 Å². The molecule has 1 aromatic rings. The number of nitrogens with zero attached hydrogens (tertiary/aromatic N) is 1. The van der Waals surface area contributed by atoms with E-state index in [1.165, 1.54) is 16.8 Å². The number of piperidine rings is 1. The Bertz CT molecular complexity index is 757. The maximum Gasteiger partial charge on any atom is 0.164 e. The van der Waals surface area contributed by atoms with Gasteiger partial charge in [0.15, 0.2) is 5.78 Å². The van der Waals surface area contributed by atoms with E-state index in [0.717, 1.165) is 37.9 Å². The number of likely N-dealkylation sites (tertiary alicyclic amines) is 1. The van der Waals surface area contributed by atoms with Crippen molar-refractivity contribution in [3.8, 4) is 0 Å². The lowest BCUT2D eigenvalue weighted by Gasteiger charge is -2.57. The van der Waals surface area contributed by atoms with Crippen LogP contribution in [0, 0.1) is 11.3 Å². The molecule has 26 heavy (non-hydrogen) atoms. The summed E-state index contributed by atoms with van der Waals surface area (Å²) in [4.78, 5) is 15.4. The molecule has 2 atom stereocenters. The molecule has 2 unspecified atom stereocenters. The van der Waals surface area contributed by atoms with Crippen LogP contribution in [0.25, 0.3) is 0 Å². The molecule has 140 valence electrons. The number of hydrogen-bond donors (Lipinski definition) is 0. The molecule has 0 saturated carbocycles. The van der Waals surface area contributed by atoms with Crippen LogP contribution >= 0.6 is 0 Å². The molecule has 1 aromatic carbocycles. The van der Waals surface area contributed by atoms with E-state index in [0.29, 0.717) is 5.78 Å². The van der Waals surface area contributed by atoms with Crippen molar-refractivity contribution in [3.63, 3.8) is 0 Å². The molecule has 2 nitrogen and oxygen atoms in total. The number of hydrogen-bond acceptors (Lipinski definition) is 2. The van der Waals surface area contributed by atoms with Crippen molar-refractivity contribution in [2.45, 2.75) is 59.3 Å². The molecular weight excluding hydrogens is 318 g/mol. The van der Waals surface area contributed by atoms with Gasteiger partial charge in [0.05, 0.1) is 5.41 Å². The lowest BCUT2D eigenvalue weighted by atomic mass is 9.50. The van der Waals surface area contributed by atoms with Crippen molar-refractivity contribution < 1.29 is 4.79 Å². The molecule has 2 heteroatoms. The van der Waals surface area contributed by atoms with E-state index in [4.69, 9.17) is 0 Å². The fourth-order valence-electron chi connectivity index (χ4n) is 5.48. The van der Waals surface area contributed by atoms with Crippen molar-refractivity contribution in [3.05, 3.63) is 59.3 Å². The van der Waals surface area contributed by atoms with E-state index in [9.17, 15) is 4.79 Å². The highest BCUT2D eigenvalue weighted by Gasteiger charge is 2.57. The predicted molar refractivity (Wildman–Crippen MR) is 109 cm³/mol. The minimum atomic E-state index is -0.374. The number of carbonyl (C=O) groups excluding carboxylic acids is 1. The first-order valence-electron chi connectivity index (χ1n) is 10.1. The van der Waals surface area contributed by atoms with E-state index < -0.39 is 0 Å². The van der Waals surface area contributed by atoms with Gasteiger partial charge in [-0.3, -0.25) is 4.79 Å². The van der Waals surface area contributed by atoms with Gasteiger partial charge < -0.3 is 4.90 Å². The van der Waals surface area contributed by atoms with Crippen molar-refractivity contribution >= 4 is 5.78 Å². The second kappa shape index (κ2) is 6.72. The molecule has 0 radical (unpaired) electrons. The van der Waals surface area contributed by atoms with Crippen LogP contribution in [-0.2, 0) is 16.6 Å². The Labute approximate surface area is 159 Å². The number of likely N-dealkylation sites (N-methyl/N-ethyl adjacent to an activating group) is 1. The van der Waals surface area contributed by atoms with Crippen LogP contribution in [0.5, 0.6) is 0 Å². The third-order valence-electron chi connectivity index (χ3n) is 6.72. The predicted octanol–water partition coefficient (Wildman–Crippen LogP) is 5.29. The molecule has 1 aliphatic heterocycles. The highest BCUT2D eigenvalue weighted by Crippen LogP contribution is 2.57. The van der Waals surface area contributed by atoms with Gasteiger partial charge in [-0.15, -0.1) is 0 Å². The van der Waals surface area contributed by atoms with Crippen molar-refractivity contribution in [2.75, 3.05) is 13.1 Å². The van der Waals surface area contributed by atoms with E-state index in [1.54, 1.807) is 0 Å². The number of aryl methyl sites for hydroxylation is 1. The Morgan fingerprint density at radius 1 is 1.23 bits per heavy atom. The van der Waals surface area contributed by atoms with Gasteiger partial charge in [0.25, 0.3) is 0 Å². The summed E-state index contributed by atoms with van der Waals surface area (Å²) in [6, 6.07) is 8.82. The third kappa shape index (κ3) is 2.57. The fourth-order valence-corrected chi connectivity index (χ4v) is 5.48. The van der Waals surface area contributed by atoms with Crippen LogP contribution in [0.3, 0.4) is 0 Å². The van der Waals surface area contributed by atoms with Gasteiger partial charge in [-0.2, -0.15) is 0 Å². The van der Waals surface area contributed by atoms with Crippen molar-refractivity contribution in [1.29, 1.82) is 0 Å². The van der Waals surface area contributed by atoms with Crippen LogP contribution in [0.4, 0.5) is 0 Å². The number of allylic oxidation sites excluding steroid dienone is 2. The van der Waals surface area contributed by atoms with Gasteiger partial charge in [0.1, 0.15) is 0 Å². The maximum absolute atomic E-state index is 13.0. The Hall–Kier alpha value is -1.83. The first-order chi connectivity index (χ1) is 12.3. The summed E-state index contributed by atoms with van der Waals surface area (Å²) in [7, 11) is 0. The lowest BCUT2D eigenvalue weighted by molar-refractivity contribution is -0.129. The molecular formula is C24H33NO. The number of benzene rings is 1. The Morgan fingerprint density at radius 2 is 1.92 bits per heavy atom. The van der Waals surface area contributed by atoms with Crippen LogP contribution in [0.1, 0.15) is 58.6 Å². The molecule has 1 fully saturated rings. The first kappa shape index (κ1) is 18.9. The molecule has 0 amide bonds. The average molecular weight is 352 g/mol. The van der Waals surface area contributed by atoms with E-state index >= 15 is 0 Å². The fraction of sp³-hybridized carbons (Fsp3) is 0.542. The van der Waals surface area contributed by atoms with Gasteiger partial charge in [-0.05, 0) is 49.3 Å². The quantitative estimate of drug-likeness (QED) is 0.735. The number of carbonyl (C=O) groups is 1. The molecule has 3 rings (SSSR count). The van der Waals surface area contributed by atoms with Gasteiger partial charge in [0, 0.05) is 24.2 Å². The third-order valence-corrected chi connectivity index (χ3v) is 6.72. The number of Topliss-reactive ketones (excluding diaryl/α,β-unsaturated/α-hetero) is 1. The zero-order chi connectivity index (χ0) is 19.1. The standard InChI is InChI=1S/C24H33NO/c1-7-11-19-12-9-10-13-20(19)24-16-17(3)22(26)23(5,6)21(24)14-15-25(8-2)18(24)4/h9-10,12-13,16,21H,4,7-8,11,14-15H2,1-3,5-6H3. The zero-order valence-electron chi connectivity index (χ0n) is 17.1. The monoisotopic (exact) mass is 351 g/mol. The van der Waals surface area contributed by atoms with Crippen LogP contribution in [0.15, 0.2) is 48.2 Å². The van der Waals surface area contributed by atoms with Crippen LogP contribution < -0.4 is 0 Å². The maximum atomic E-state index is 13.0. The van der Waals surface area contributed by atoms with Gasteiger partial charge in [0.2, 0.25) is 0 Å². The second-order valence-electron chi connectivity index (χ2n) is 8.52. The highest BCUT2D eigenvalue weighted by atomic mass is 16.1. The Balaban J connectivity index is 2.33. The number of ketones is 1. The Kier molecular flexibility index (Phi) is 4.90. The minimum Gasteiger partial charge on any atom is -0.375 e. The minimum absolute atomic E-state index is 0.250. The SMILES string of the molecule is C=C1N(CC)CCC2C(C)(C)C(=O)C(C)=CC12c1ccccc1CCC. The average Bonchev–Trinajstić information content (AvgIpc) is 2.62. The van der Waals surface area contributed by atoms with E-state index in [1.807, 2.05) is 6.92 Å². The van der Waals surface area contributed by atoms with Crippen molar-refractivity contribution in [1.82, 2.24) is 4.90 Å². The zero-order valence-corrected chi connectivity index (χ0v) is 17.1. The molecule has 0 spiro atoms. The second-order valence-corrected chi connectivity index (χ2v) is 8.52. The van der Waals surface area contributed by atoms with Gasteiger partial charge >= 0.3 is 0 Å². The van der Waals surface area contributed by atoms with Gasteiger partial charge in [-0.25, -0.2) is 0 Å². The summed E-state index contributed by atoms with van der Waals surface area (Å²) >= 11 is 0. The highest BCUT2D eigenvalue weighted by molar-refractivity contribution is 6.01. The molecule has 0 bridgehead atoms. The molecule has 1 heterocycles. The summed E-state index contributed by atoms with van der Waals surface area (Å²) in [6.45, 7) is 17.3. The molecule has 0 aromatic heterocycles. The summed E-state index contributed by atoms with van der Waals surface area (Å²) in [6.07, 6.45) is 5.46. The number of fused-ring (bicyclic) bond motifs is 1. The summed E-state index contributed by atoms with van der Waals surface area (Å²) in [5.41, 5.74) is 4.15. The van der Waals surface area contributed by atoms with E-state index in [2.05, 4.69) is 69.5 Å². The summed E-state index contributed by atoms with van der Waals surface area (Å²) < 4.78 is 0. The Morgan fingerprint density at radius 3 is 2.58 bits per heavy atom. The topological polar surface area (TPSA) is 20.3 Å². The van der Waals surface area contributed by atoms with E-state index in [-0.39, 0.29) is 16.7 Å². The molecule has 0 N–H and O–H groups in total. The molecule has 1 aliphatic carbocycles. The normalized spacial score (nSPS) is 28.0. The van der Waals surface area contributed by atoms with Crippen LogP contribution in [-0.4, -0.2) is 23.8 Å². The lowest BCUT2D eigenvalue weighted by Crippen LogP contribution is -2.57. The molecule has 1 saturated heterocycles. The smallest absolute Gasteiger partial charge is 0.164 e. The first-order valence-corrected chi connectivity index (χ1v) is 10.1. The largest absolute Gasteiger partial charge is 0.375 e.